The molecule has 2 aromatic rings. The van der Waals surface area contributed by atoms with Crippen LogP contribution in [0.4, 0.5) is 19.1 Å². The summed E-state index contributed by atoms with van der Waals surface area (Å²) >= 11 is 0. The van der Waals surface area contributed by atoms with Crippen molar-refractivity contribution in [2.24, 2.45) is 5.92 Å². The predicted molar refractivity (Wildman–Crippen MR) is 96.2 cm³/mol. The summed E-state index contributed by atoms with van der Waals surface area (Å²) in [6.45, 7) is 3.19. The molecule has 0 aromatic carbocycles. The Morgan fingerprint density at radius 1 is 1.43 bits per heavy atom. The maximum absolute atomic E-state index is 12.3. The summed E-state index contributed by atoms with van der Waals surface area (Å²) < 4.78 is 37.9. The number of carbonyl (C=O) groups excluding carboxylic acids is 1. The fourth-order valence-electron chi connectivity index (χ4n) is 2.66. The Morgan fingerprint density at radius 2 is 2.10 bits per heavy atom. The van der Waals surface area contributed by atoms with E-state index in [1.807, 2.05) is 0 Å². The van der Waals surface area contributed by atoms with Crippen molar-refractivity contribution in [3.05, 3.63) is 29.4 Å². The van der Waals surface area contributed by atoms with Gasteiger partial charge in [0.15, 0.2) is 5.65 Å². The largest absolute Gasteiger partial charge is 2.00 e. The zero-order valence-electron chi connectivity index (χ0n) is 15.7. The van der Waals surface area contributed by atoms with Crippen molar-refractivity contribution in [1.82, 2.24) is 25.1 Å². The number of alkyl halides is 3. The molecule has 30 heavy (non-hydrogen) atoms. The van der Waals surface area contributed by atoms with Gasteiger partial charge in [-0.2, -0.15) is 29.2 Å². The van der Waals surface area contributed by atoms with Gasteiger partial charge >= 0.3 is 43.2 Å². The molecule has 0 fully saturated rings. The van der Waals surface area contributed by atoms with Gasteiger partial charge < -0.3 is 28.2 Å². The van der Waals surface area contributed by atoms with E-state index in [1.165, 1.54) is 11.1 Å². The molecular formula is C16H21F3N6O4U. The molecule has 0 spiro atoms. The Balaban J connectivity index is 0.00000450. The first-order valence-corrected chi connectivity index (χ1v) is 8.60. The maximum atomic E-state index is 12.3. The number of halogens is 3. The fourth-order valence-corrected chi connectivity index (χ4v) is 2.66. The van der Waals surface area contributed by atoms with Gasteiger partial charge in [-0.1, -0.05) is 12.7 Å². The number of hydrogen-bond acceptors (Lipinski definition) is 7. The van der Waals surface area contributed by atoms with Gasteiger partial charge in [-0.25, -0.2) is 4.68 Å². The molecule has 1 amide bonds. The molecule has 10 nitrogen and oxygen atoms in total. The number of nitrogens with two attached hydrogens (primary N) is 1. The summed E-state index contributed by atoms with van der Waals surface area (Å²) in [5.74, 6) is -2.84. The molecule has 0 aliphatic carbocycles. The molecule has 14 heteroatoms. The van der Waals surface area contributed by atoms with Gasteiger partial charge in [0, 0.05) is 13.1 Å². The molecule has 2 unspecified atom stereocenters. The first-order valence-electron chi connectivity index (χ1n) is 8.60. The van der Waals surface area contributed by atoms with Crippen LogP contribution in [-0.2, 0) is 17.8 Å². The molecule has 0 saturated carbocycles. The van der Waals surface area contributed by atoms with E-state index in [-0.39, 0.29) is 86.3 Å². The average Bonchev–Trinajstić information content (AvgIpc) is 2.95. The average molecular weight is 656 g/mol. The van der Waals surface area contributed by atoms with Crippen molar-refractivity contribution in [3.8, 4) is 0 Å². The fraction of sp³-hybridized carbons (Fsp3) is 0.500. The number of nitrogen functional groups attached to an aromatic ring is 1. The minimum Gasteiger partial charge on any atom is -0.428 e. The molecular weight excluding hydrogens is 635 g/mol. The summed E-state index contributed by atoms with van der Waals surface area (Å²) in [4.78, 5) is 29.5. The number of aliphatic hydroxyl groups is 2. The smallest absolute Gasteiger partial charge is 0.428 e. The Morgan fingerprint density at radius 3 is 2.70 bits per heavy atom. The van der Waals surface area contributed by atoms with Crippen LogP contribution in [0.2, 0.25) is 0 Å². The van der Waals surface area contributed by atoms with Crippen LogP contribution in [0, 0.1) is 50.4 Å². The number of aryl methyl sites for hydroxylation is 1. The topological polar surface area (TPSA) is 159 Å². The van der Waals surface area contributed by atoms with Crippen LogP contribution in [0.5, 0.6) is 0 Å². The van der Waals surface area contributed by atoms with E-state index in [9.17, 15) is 27.9 Å². The Hall–Kier alpha value is -1.62. The van der Waals surface area contributed by atoms with Crippen LogP contribution in [0.15, 0.2) is 4.79 Å². The van der Waals surface area contributed by atoms with Crippen molar-refractivity contribution >= 4 is 22.9 Å². The van der Waals surface area contributed by atoms with Crippen molar-refractivity contribution in [1.29, 1.82) is 0 Å². The number of aromatic amines is 1. The Labute approximate surface area is 192 Å². The number of carbonyl (C=O) groups is 1. The second-order valence-electron chi connectivity index (χ2n) is 6.30. The summed E-state index contributed by atoms with van der Waals surface area (Å²) in [6, 6.07) is 0. The van der Waals surface area contributed by atoms with Crippen molar-refractivity contribution in [2.45, 2.75) is 31.7 Å². The minimum absolute atomic E-state index is 0. The van der Waals surface area contributed by atoms with Crippen LogP contribution in [0.1, 0.15) is 12.1 Å². The van der Waals surface area contributed by atoms with Crippen molar-refractivity contribution < 1.29 is 59.3 Å². The molecule has 2 atom stereocenters. The van der Waals surface area contributed by atoms with E-state index < -0.39 is 29.7 Å². The van der Waals surface area contributed by atoms with E-state index in [0.29, 0.717) is 0 Å². The molecule has 164 valence electrons. The van der Waals surface area contributed by atoms with E-state index >= 15 is 0 Å². The van der Waals surface area contributed by atoms with Crippen LogP contribution >= 0.6 is 0 Å². The quantitative estimate of drug-likeness (QED) is 0.177. The molecule has 6 N–H and O–H groups in total. The third-order valence-electron chi connectivity index (χ3n) is 4.06. The first kappa shape index (κ1) is 26.4. The van der Waals surface area contributed by atoms with Gasteiger partial charge in [0.1, 0.15) is 5.39 Å². The molecule has 2 aromatic heterocycles. The number of amides is 1. The van der Waals surface area contributed by atoms with E-state index in [2.05, 4.69) is 22.0 Å². The van der Waals surface area contributed by atoms with Crippen LogP contribution in [0.3, 0.4) is 0 Å². The SMILES string of the molecule is [CH2-]C(Cn1nc(CCCNC(=O)C(F)(F)F)c2c(=O)[nH]c(N)nc21)C(O)[CH-]CO.[U+2]. The molecule has 0 radical (unpaired) electrons. The third kappa shape index (κ3) is 6.70. The zero-order valence-corrected chi connectivity index (χ0v) is 19.9. The Bertz CT molecular complexity index is 917. The van der Waals surface area contributed by atoms with Gasteiger partial charge in [0.25, 0.3) is 5.56 Å². The second-order valence-corrected chi connectivity index (χ2v) is 6.30. The number of fused-ring (bicyclic) bond motifs is 1. The van der Waals surface area contributed by atoms with Crippen molar-refractivity contribution in [3.63, 3.8) is 0 Å². The van der Waals surface area contributed by atoms with Gasteiger partial charge in [-0.3, -0.25) is 21.0 Å². The van der Waals surface area contributed by atoms with E-state index in [0.717, 1.165) is 0 Å². The van der Waals surface area contributed by atoms with Gasteiger partial charge in [0.2, 0.25) is 5.95 Å². The number of nitrogens with zero attached hydrogens (tertiary/aromatic N) is 3. The van der Waals surface area contributed by atoms with Crippen molar-refractivity contribution in [2.75, 3.05) is 18.9 Å². The maximum Gasteiger partial charge on any atom is 2.00 e. The molecule has 0 bridgehead atoms. The Kier molecular flexibility index (Phi) is 9.80. The summed E-state index contributed by atoms with van der Waals surface area (Å²) in [7, 11) is 0. The van der Waals surface area contributed by atoms with Crippen LogP contribution in [0.25, 0.3) is 11.0 Å². The van der Waals surface area contributed by atoms with Crippen LogP contribution in [-0.4, -0.2) is 61.3 Å². The van der Waals surface area contributed by atoms with E-state index in [4.69, 9.17) is 10.8 Å². The first-order chi connectivity index (χ1) is 13.5. The molecule has 0 aliphatic heterocycles. The number of aromatic nitrogens is 4. The summed E-state index contributed by atoms with van der Waals surface area (Å²) in [6.07, 6.45) is -4.60. The third-order valence-corrected chi connectivity index (χ3v) is 4.06. The second kappa shape index (κ2) is 11.1. The monoisotopic (exact) mass is 656 g/mol. The van der Waals surface area contributed by atoms with Gasteiger partial charge in [0.05, 0.1) is 5.69 Å². The summed E-state index contributed by atoms with van der Waals surface area (Å²) in [5.41, 5.74) is 5.38. The number of rotatable bonds is 9. The number of aliphatic hydroxyl groups excluding tert-OH is 2. The number of hydrogen-bond donors (Lipinski definition) is 5. The van der Waals surface area contributed by atoms with Gasteiger partial charge in [-0.05, 0) is 12.8 Å². The minimum atomic E-state index is -4.97. The standard InChI is InChI=1S/C16H21F3N6O4.U/c1-8(10(27)4-6-26)7-25-12-11(13(28)23-15(20)22-12)9(24-25)3-2-5-21-14(29)16(17,18)19;/h4,8,10,26-27H,1-3,5-7H2,(H,21,29)(H3,20,22,23,28);/q-2;+2. The predicted octanol–water partition coefficient (Wildman–Crippen LogP) is -0.679. The number of H-pyrrole nitrogens is 1. The number of anilines is 1. The number of nitrogens with one attached hydrogen (secondary N) is 2. The molecule has 0 saturated heterocycles. The molecule has 2 rings (SSSR count). The molecule has 0 aliphatic rings. The zero-order chi connectivity index (χ0) is 21.8. The van der Waals surface area contributed by atoms with Gasteiger partial charge in [-0.15, -0.1) is 0 Å². The normalized spacial score (nSPS) is 13.7. The summed E-state index contributed by atoms with van der Waals surface area (Å²) in [5, 5.41) is 24.9. The van der Waals surface area contributed by atoms with E-state index in [1.54, 1.807) is 5.32 Å². The van der Waals surface area contributed by atoms with Crippen LogP contribution < -0.4 is 16.6 Å². The molecule has 2 heterocycles.